The van der Waals surface area contributed by atoms with Gasteiger partial charge in [-0.25, -0.2) is 0 Å². The third kappa shape index (κ3) is 6.53. The second-order valence-corrected chi connectivity index (χ2v) is 20.1. The summed E-state index contributed by atoms with van der Waals surface area (Å²) >= 11 is 0. The molecule has 2 nitrogen and oxygen atoms in total. The summed E-state index contributed by atoms with van der Waals surface area (Å²) in [5.74, 6) is 3.14. The maximum absolute atomic E-state index is 3.14. The summed E-state index contributed by atoms with van der Waals surface area (Å²) in [6.07, 6.45) is 22.6. The lowest BCUT2D eigenvalue weighted by Gasteiger charge is -2.48. The number of hydrogen-bond donors (Lipinski definition) is 0. The summed E-state index contributed by atoms with van der Waals surface area (Å²) in [6.45, 7) is 18.7. The van der Waals surface area contributed by atoms with Crippen LogP contribution in [-0.2, 0) is 0 Å². The molecular formula is C42H64N2P+. The van der Waals surface area contributed by atoms with Gasteiger partial charge in [-0.05, 0) is 148 Å². The van der Waals surface area contributed by atoms with Gasteiger partial charge in [0, 0.05) is 37.3 Å². The van der Waals surface area contributed by atoms with E-state index >= 15 is 0 Å². The van der Waals surface area contributed by atoms with Crippen molar-refractivity contribution in [2.24, 2.45) is 0 Å². The van der Waals surface area contributed by atoms with Gasteiger partial charge < -0.3 is 9.80 Å². The number of rotatable bonds is 7. The fraction of sp³-hybridized carbons (Fsp3) is 0.667. The zero-order chi connectivity index (χ0) is 31.7. The Bertz CT molecular complexity index is 1200. The highest BCUT2D eigenvalue weighted by Gasteiger charge is 2.56. The summed E-state index contributed by atoms with van der Waals surface area (Å²) < 4.78 is 0. The first-order chi connectivity index (χ1) is 21.7. The van der Waals surface area contributed by atoms with E-state index in [9.17, 15) is 0 Å². The fourth-order valence-electron chi connectivity index (χ4n) is 11.1. The molecule has 1 heterocycles. The van der Waals surface area contributed by atoms with Gasteiger partial charge in [0.1, 0.15) is 6.17 Å². The molecule has 0 atom stereocenters. The fourth-order valence-corrected chi connectivity index (χ4v) is 18.1. The lowest BCUT2D eigenvalue weighted by molar-refractivity contribution is 0.454. The number of anilines is 2. The first-order valence-corrected chi connectivity index (χ1v) is 21.0. The van der Waals surface area contributed by atoms with Gasteiger partial charge in [0.15, 0.2) is 0 Å². The molecule has 0 radical (unpaired) electrons. The topological polar surface area (TPSA) is 6.48 Å². The Balaban J connectivity index is 1.54. The Morgan fingerprint density at radius 3 is 1.16 bits per heavy atom. The lowest BCUT2D eigenvalue weighted by atomic mass is 9.99. The maximum Gasteiger partial charge on any atom is 0.127 e. The molecule has 1 saturated heterocycles. The van der Waals surface area contributed by atoms with E-state index in [1.54, 1.807) is 5.57 Å². The lowest BCUT2D eigenvalue weighted by Crippen LogP contribution is -2.42. The van der Waals surface area contributed by atoms with Crippen molar-refractivity contribution in [1.82, 2.24) is 0 Å². The molecule has 2 aromatic carbocycles. The van der Waals surface area contributed by atoms with Gasteiger partial charge in [-0.2, -0.15) is 0 Å². The van der Waals surface area contributed by atoms with E-state index in [4.69, 9.17) is 0 Å². The molecule has 45 heavy (non-hydrogen) atoms. The Kier molecular flexibility index (Phi) is 10.4. The summed E-state index contributed by atoms with van der Waals surface area (Å²) in [7, 11) is -1.35. The Hall–Kier alpha value is -1.79. The number of aryl methyl sites for hydroxylation is 6. The minimum Gasteiger partial charge on any atom is -0.345 e. The van der Waals surface area contributed by atoms with Crippen LogP contribution in [0.1, 0.15) is 137 Å². The van der Waals surface area contributed by atoms with Crippen LogP contribution in [0, 0.1) is 41.5 Å². The molecule has 2 aromatic rings. The van der Waals surface area contributed by atoms with Gasteiger partial charge in [-0.1, -0.05) is 54.7 Å². The monoisotopic (exact) mass is 627 g/mol. The largest absolute Gasteiger partial charge is 0.345 e. The van der Waals surface area contributed by atoms with Crippen molar-refractivity contribution in [3.05, 3.63) is 69.0 Å². The Labute approximate surface area is 277 Å². The van der Waals surface area contributed by atoms with Crippen LogP contribution in [0.15, 0.2) is 35.7 Å². The molecule has 246 valence electrons. The molecule has 0 aromatic heterocycles. The van der Waals surface area contributed by atoms with E-state index in [0.29, 0.717) is 6.17 Å². The van der Waals surface area contributed by atoms with Crippen LogP contribution in [0.25, 0.3) is 0 Å². The second kappa shape index (κ2) is 14.1. The summed E-state index contributed by atoms with van der Waals surface area (Å²) in [4.78, 5) is 5.68. The number of hydrogen-bond acceptors (Lipinski definition) is 2. The third-order valence-corrected chi connectivity index (χ3v) is 18.7. The van der Waals surface area contributed by atoms with E-state index in [0.717, 1.165) is 30.1 Å². The van der Waals surface area contributed by atoms with Crippen molar-refractivity contribution in [2.45, 2.75) is 168 Å². The Morgan fingerprint density at radius 1 is 0.533 bits per heavy atom. The molecule has 0 N–H and O–H groups in total. The van der Waals surface area contributed by atoms with Crippen molar-refractivity contribution in [3.63, 3.8) is 0 Å². The standard InChI is InChI=1S/C42H64N2P/c1-30-25-32(3)40(33(4)26-30)43-23-24-44(41-34(5)27-31(2)28-35(41)6)42(43)36(7)29-45(37-17-11-8-12-18-37,38-19-13-9-14-20-38)39-21-15-10-16-22-39/h25-29,37-39,42H,8-24H2,1-7H3/q+1/b36-29+. The van der Waals surface area contributed by atoms with Gasteiger partial charge in [-0.3, -0.25) is 0 Å². The molecule has 4 aliphatic rings. The zero-order valence-corrected chi connectivity index (χ0v) is 31.0. The van der Waals surface area contributed by atoms with Crippen molar-refractivity contribution < 1.29 is 0 Å². The molecule has 4 fully saturated rings. The van der Waals surface area contributed by atoms with Crippen molar-refractivity contribution in [3.8, 4) is 0 Å². The predicted molar refractivity (Wildman–Crippen MR) is 201 cm³/mol. The number of nitrogens with zero attached hydrogens (tertiary/aromatic N) is 2. The van der Waals surface area contributed by atoms with Gasteiger partial charge in [0.05, 0.1) is 22.8 Å². The van der Waals surface area contributed by atoms with E-state index < -0.39 is 7.26 Å². The van der Waals surface area contributed by atoms with Crippen LogP contribution in [0.5, 0.6) is 0 Å². The second-order valence-electron chi connectivity index (χ2n) is 15.9. The molecule has 0 spiro atoms. The van der Waals surface area contributed by atoms with Crippen LogP contribution < -0.4 is 9.80 Å². The molecule has 1 aliphatic heterocycles. The maximum atomic E-state index is 3.14. The molecule has 3 aliphatic carbocycles. The minimum absolute atomic E-state index is 0.292. The minimum atomic E-state index is -1.35. The van der Waals surface area contributed by atoms with Gasteiger partial charge in [0.2, 0.25) is 0 Å². The van der Waals surface area contributed by atoms with Crippen molar-refractivity contribution in [1.29, 1.82) is 0 Å². The average molecular weight is 628 g/mol. The van der Waals surface area contributed by atoms with E-state index in [-0.39, 0.29) is 0 Å². The molecular weight excluding hydrogens is 563 g/mol. The van der Waals surface area contributed by atoms with Crippen LogP contribution >= 0.6 is 7.26 Å². The SMILES string of the molecule is C/C(=C\[P+](C1CCCCC1)(C1CCCCC1)C1CCCCC1)C1N(c2c(C)cc(C)cc2C)CCN1c1c(C)cc(C)cc1C. The average Bonchev–Trinajstić information content (AvgIpc) is 3.44. The van der Waals surface area contributed by atoms with Gasteiger partial charge in [-0.15, -0.1) is 0 Å². The van der Waals surface area contributed by atoms with E-state index in [2.05, 4.69) is 88.3 Å². The number of benzene rings is 2. The zero-order valence-electron chi connectivity index (χ0n) is 30.1. The van der Waals surface area contributed by atoms with Gasteiger partial charge >= 0.3 is 0 Å². The molecule has 3 saturated carbocycles. The smallest absolute Gasteiger partial charge is 0.127 e. The third-order valence-electron chi connectivity index (χ3n) is 12.5. The summed E-state index contributed by atoms with van der Waals surface area (Å²) in [5.41, 5.74) is 16.1. The van der Waals surface area contributed by atoms with Crippen molar-refractivity contribution in [2.75, 3.05) is 22.9 Å². The molecule has 0 unspecified atom stereocenters. The molecule has 0 amide bonds. The quantitative estimate of drug-likeness (QED) is 0.282. The van der Waals surface area contributed by atoms with Crippen LogP contribution in [0.2, 0.25) is 0 Å². The van der Waals surface area contributed by atoms with E-state index in [1.165, 1.54) is 141 Å². The molecule has 6 rings (SSSR count). The van der Waals surface area contributed by atoms with Crippen LogP contribution in [0.3, 0.4) is 0 Å². The van der Waals surface area contributed by atoms with Crippen LogP contribution in [0.4, 0.5) is 11.4 Å². The van der Waals surface area contributed by atoms with Gasteiger partial charge in [0.25, 0.3) is 0 Å². The molecule has 3 heteroatoms. The summed E-state index contributed by atoms with van der Waals surface area (Å²) in [5, 5.41) is 0. The highest BCUT2D eigenvalue weighted by Crippen LogP contribution is 2.79. The first kappa shape index (κ1) is 33.1. The van der Waals surface area contributed by atoms with Crippen molar-refractivity contribution >= 4 is 18.6 Å². The molecule has 0 bridgehead atoms. The summed E-state index contributed by atoms with van der Waals surface area (Å²) in [6, 6.07) is 9.69. The normalized spacial score (nSPS) is 22.1. The van der Waals surface area contributed by atoms with E-state index in [1.807, 2.05) is 0 Å². The first-order valence-electron chi connectivity index (χ1n) is 19.0. The predicted octanol–water partition coefficient (Wildman–Crippen LogP) is 12.1. The highest BCUT2D eigenvalue weighted by atomic mass is 31.2. The highest BCUT2D eigenvalue weighted by molar-refractivity contribution is 7.80. The van der Waals surface area contributed by atoms with Crippen LogP contribution in [-0.4, -0.2) is 36.2 Å². The Morgan fingerprint density at radius 2 is 0.844 bits per heavy atom.